The van der Waals surface area contributed by atoms with Crippen molar-refractivity contribution in [2.75, 3.05) is 31.6 Å². The average molecular weight is 343 g/mol. The van der Waals surface area contributed by atoms with E-state index in [4.69, 9.17) is 4.74 Å². The molecule has 0 unspecified atom stereocenters. The summed E-state index contributed by atoms with van der Waals surface area (Å²) in [5.41, 5.74) is 0.791. The van der Waals surface area contributed by atoms with Crippen LogP contribution in [0.25, 0.3) is 0 Å². The van der Waals surface area contributed by atoms with Gasteiger partial charge in [-0.1, -0.05) is 35.8 Å². The van der Waals surface area contributed by atoms with E-state index >= 15 is 0 Å². The van der Waals surface area contributed by atoms with Crippen LogP contribution in [-0.2, 0) is 9.53 Å². The van der Waals surface area contributed by atoms with E-state index in [9.17, 15) is 4.79 Å². The summed E-state index contributed by atoms with van der Waals surface area (Å²) in [6.07, 6.45) is 1.07. The number of nitrogens with one attached hydrogen (secondary N) is 2. The molecule has 5 heteroatoms. The smallest absolute Gasteiger partial charge is 0.238 e. The molecule has 2 N–H and O–H groups in total. The van der Waals surface area contributed by atoms with Crippen LogP contribution in [0.1, 0.15) is 20.3 Å². The topological polar surface area (TPSA) is 50.4 Å². The highest BCUT2D eigenvalue weighted by Crippen LogP contribution is 2.15. The molecule has 1 rings (SSSR count). The molecule has 0 radical (unpaired) electrons. The number of benzene rings is 1. The lowest BCUT2D eigenvalue weighted by Gasteiger charge is -2.08. The normalized spacial score (nSPS) is 10.8. The van der Waals surface area contributed by atoms with Crippen molar-refractivity contribution in [3.63, 3.8) is 0 Å². The molecule has 0 saturated heterocycles. The Bertz CT molecular complexity index is 411. The molecule has 112 valence electrons. The fraction of sp³-hybridized carbons (Fsp3) is 0.533. The monoisotopic (exact) mass is 342 g/mol. The van der Waals surface area contributed by atoms with Crippen LogP contribution in [0.5, 0.6) is 0 Å². The van der Waals surface area contributed by atoms with Gasteiger partial charge in [0.1, 0.15) is 0 Å². The van der Waals surface area contributed by atoms with E-state index < -0.39 is 0 Å². The van der Waals surface area contributed by atoms with Crippen molar-refractivity contribution >= 4 is 27.5 Å². The molecule has 1 amide bonds. The van der Waals surface area contributed by atoms with E-state index in [1.807, 2.05) is 24.3 Å². The molecule has 0 saturated carbocycles. The minimum absolute atomic E-state index is 0.0507. The van der Waals surface area contributed by atoms with Gasteiger partial charge in [-0.05, 0) is 30.5 Å². The Morgan fingerprint density at radius 1 is 1.35 bits per heavy atom. The van der Waals surface area contributed by atoms with Crippen molar-refractivity contribution < 1.29 is 9.53 Å². The highest BCUT2D eigenvalue weighted by molar-refractivity contribution is 9.10. The summed E-state index contributed by atoms with van der Waals surface area (Å²) in [5.74, 6) is 0.615. The molecular formula is C15H23BrN2O2. The first-order chi connectivity index (χ1) is 9.58. The number of carbonyl (C=O) groups is 1. The van der Waals surface area contributed by atoms with E-state index in [1.165, 1.54) is 0 Å². The maximum Gasteiger partial charge on any atom is 0.238 e. The van der Waals surface area contributed by atoms with Crippen molar-refractivity contribution in [1.82, 2.24) is 5.32 Å². The molecule has 0 fully saturated rings. The van der Waals surface area contributed by atoms with Gasteiger partial charge in [-0.25, -0.2) is 0 Å². The van der Waals surface area contributed by atoms with Crippen LogP contribution in [-0.4, -0.2) is 32.2 Å². The van der Waals surface area contributed by atoms with Crippen LogP contribution in [0, 0.1) is 5.92 Å². The lowest BCUT2D eigenvalue weighted by atomic mass is 10.1. The molecule has 0 spiro atoms. The zero-order chi connectivity index (χ0) is 14.8. The first-order valence-electron chi connectivity index (χ1n) is 6.92. The molecule has 0 aliphatic heterocycles. The molecule has 20 heavy (non-hydrogen) atoms. The van der Waals surface area contributed by atoms with Gasteiger partial charge in [0.25, 0.3) is 0 Å². The molecular weight excluding hydrogens is 320 g/mol. The first-order valence-corrected chi connectivity index (χ1v) is 7.71. The molecule has 0 bridgehead atoms. The lowest BCUT2D eigenvalue weighted by Crippen LogP contribution is -2.30. The Kier molecular flexibility index (Phi) is 8.49. The Morgan fingerprint density at radius 2 is 2.15 bits per heavy atom. The second-order valence-electron chi connectivity index (χ2n) is 5.03. The van der Waals surface area contributed by atoms with Crippen LogP contribution in [0.3, 0.4) is 0 Å². The zero-order valence-corrected chi connectivity index (χ0v) is 13.7. The van der Waals surface area contributed by atoms with E-state index in [0.29, 0.717) is 25.6 Å². The van der Waals surface area contributed by atoms with Crippen molar-refractivity contribution in [2.24, 2.45) is 5.92 Å². The Balaban J connectivity index is 2.06. The summed E-state index contributed by atoms with van der Waals surface area (Å²) in [4.78, 5) is 11.7. The van der Waals surface area contributed by atoms with Crippen molar-refractivity contribution in [1.29, 1.82) is 0 Å². The second kappa shape index (κ2) is 9.91. The number of anilines is 1. The van der Waals surface area contributed by atoms with Crippen LogP contribution in [0.2, 0.25) is 0 Å². The van der Waals surface area contributed by atoms with E-state index in [-0.39, 0.29) is 5.91 Å². The number of hydrogen-bond acceptors (Lipinski definition) is 3. The Labute approximate surface area is 129 Å². The molecule has 1 aromatic carbocycles. The molecule has 4 nitrogen and oxygen atoms in total. The van der Waals surface area contributed by atoms with Gasteiger partial charge in [0, 0.05) is 23.3 Å². The van der Waals surface area contributed by atoms with E-state index in [1.54, 1.807) is 0 Å². The minimum atomic E-state index is -0.0507. The van der Waals surface area contributed by atoms with Crippen LogP contribution < -0.4 is 10.6 Å². The average Bonchev–Trinajstić information content (AvgIpc) is 2.37. The third kappa shape index (κ3) is 8.30. The Morgan fingerprint density at radius 3 is 2.85 bits per heavy atom. The second-order valence-corrected chi connectivity index (χ2v) is 5.95. The predicted molar refractivity (Wildman–Crippen MR) is 85.9 cm³/mol. The molecule has 0 aliphatic rings. The summed E-state index contributed by atoms with van der Waals surface area (Å²) in [5, 5.41) is 5.89. The van der Waals surface area contributed by atoms with E-state index in [2.05, 4.69) is 40.4 Å². The van der Waals surface area contributed by atoms with Crippen molar-refractivity contribution in [3.05, 3.63) is 28.7 Å². The van der Waals surface area contributed by atoms with Crippen molar-refractivity contribution in [2.45, 2.75) is 20.3 Å². The Hall–Kier alpha value is -0.910. The maximum atomic E-state index is 11.7. The van der Waals surface area contributed by atoms with Gasteiger partial charge in [0.2, 0.25) is 5.91 Å². The van der Waals surface area contributed by atoms with Gasteiger partial charge in [-0.2, -0.15) is 0 Å². The summed E-state index contributed by atoms with van der Waals surface area (Å²) >= 11 is 3.37. The fourth-order valence-electron chi connectivity index (χ4n) is 1.54. The molecule has 1 aromatic rings. The third-order valence-corrected chi connectivity index (χ3v) is 3.15. The van der Waals surface area contributed by atoms with Gasteiger partial charge >= 0.3 is 0 Å². The van der Waals surface area contributed by atoms with Gasteiger partial charge in [0.15, 0.2) is 0 Å². The standard InChI is InChI=1S/C15H23BrN2O2/c1-12(2)6-8-20-9-7-17-11-15(19)18-14-5-3-4-13(16)10-14/h3-5,10,12,17H,6-9,11H2,1-2H3,(H,18,19). The minimum Gasteiger partial charge on any atom is -0.380 e. The largest absolute Gasteiger partial charge is 0.380 e. The van der Waals surface area contributed by atoms with Crippen LogP contribution in [0.4, 0.5) is 5.69 Å². The predicted octanol–water partition coefficient (Wildman–Crippen LogP) is 3.04. The summed E-state index contributed by atoms with van der Waals surface area (Å²) in [6.45, 7) is 6.74. The number of ether oxygens (including phenoxy) is 1. The highest BCUT2D eigenvalue weighted by atomic mass is 79.9. The molecule has 0 atom stereocenters. The van der Waals surface area contributed by atoms with Gasteiger partial charge in [-0.3, -0.25) is 4.79 Å². The highest BCUT2D eigenvalue weighted by Gasteiger charge is 2.02. The van der Waals surface area contributed by atoms with Crippen LogP contribution >= 0.6 is 15.9 Å². The first kappa shape index (κ1) is 17.1. The summed E-state index contributed by atoms with van der Waals surface area (Å²) < 4.78 is 6.41. The fourth-order valence-corrected chi connectivity index (χ4v) is 1.94. The van der Waals surface area contributed by atoms with Crippen molar-refractivity contribution in [3.8, 4) is 0 Å². The quantitative estimate of drug-likeness (QED) is 0.678. The molecule has 0 aliphatic carbocycles. The number of amides is 1. The number of rotatable bonds is 9. The number of hydrogen-bond donors (Lipinski definition) is 2. The number of halogens is 1. The zero-order valence-electron chi connectivity index (χ0n) is 12.1. The molecule has 0 heterocycles. The van der Waals surface area contributed by atoms with Gasteiger partial charge in [0.05, 0.1) is 13.2 Å². The number of carbonyl (C=O) groups excluding carboxylic acids is 1. The third-order valence-electron chi connectivity index (χ3n) is 2.66. The summed E-state index contributed by atoms with van der Waals surface area (Å²) in [6, 6.07) is 7.53. The van der Waals surface area contributed by atoms with Gasteiger partial charge in [-0.15, -0.1) is 0 Å². The summed E-state index contributed by atoms with van der Waals surface area (Å²) in [7, 11) is 0. The van der Waals surface area contributed by atoms with E-state index in [0.717, 1.165) is 23.2 Å². The SMILES string of the molecule is CC(C)CCOCCNCC(=O)Nc1cccc(Br)c1. The maximum absolute atomic E-state index is 11.7. The molecule has 0 aromatic heterocycles. The lowest BCUT2D eigenvalue weighted by molar-refractivity contribution is -0.115. The van der Waals surface area contributed by atoms with Gasteiger partial charge < -0.3 is 15.4 Å². The van der Waals surface area contributed by atoms with Crippen LogP contribution in [0.15, 0.2) is 28.7 Å².